The molecule has 174 valence electrons. The van der Waals surface area contributed by atoms with Crippen LogP contribution in [0, 0.1) is 0 Å². The zero-order valence-corrected chi connectivity index (χ0v) is 18.7. The molecule has 3 aromatic rings. The number of nitrogens with one attached hydrogen (secondary N) is 2. The van der Waals surface area contributed by atoms with Gasteiger partial charge in [0.15, 0.2) is 11.0 Å². The van der Waals surface area contributed by atoms with Crippen LogP contribution < -0.4 is 10.6 Å². The summed E-state index contributed by atoms with van der Waals surface area (Å²) in [6.45, 7) is 4.17. The molecule has 33 heavy (non-hydrogen) atoms. The number of benzene rings is 2. The number of rotatable bonds is 8. The van der Waals surface area contributed by atoms with E-state index in [2.05, 4.69) is 20.8 Å². The van der Waals surface area contributed by atoms with Crippen LogP contribution in [-0.4, -0.2) is 32.3 Å². The second-order valence-corrected chi connectivity index (χ2v) is 8.00. The predicted molar refractivity (Wildman–Crippen MR) is 119 cm³/mol. The quantitative estimate of drug-likeness (QED) is 0.465. The molecule has 1 aromatic heterocycles. The number of hydrogen-bond acceptors (Lipinski definition) is 5. The van der Waals surface area contributed by atoms with Crippen molar-refractivity contribution in [3.63, 3.8) is 0 Å². The first-order valence-corrected chi connectivity index (χ1v) is 11.1. The van der Waals surface area contributed by atoms with Gasteiger partial charge >= 0.3 is 6.18 Å². The topological polar surface area (TPSA) is 88.9 Å². The Balaban J connectivity index is 1.62. The number of halogens is 3. The molecular formula is C22H22F3N5O2S. The molecule has 0 bridgehead atoms. The third-order valence-corrected chi connectivity index (χ3v) is 5.61. The molecule has 0 saturated carbocycles. The minimum Gasteiger partial charge on any atom is -0.342 e. The molecule has 0 radical (unpaired) electrons. The van der Waals surface area contributed by atoms with Crippen LogP contribution in [0.15, 0.2) is 59.8 Å². The Kier molecular flexibility index (Phi) is 7.75. The zero-order chi connectivity index (χ0) is 24.0. The average Bonchev–Trinajstić information content (AvgIpc) is 3.21. The van der Waals surface area contributed by atoms with E-state index in [0.29, 0.717) is 23.1 Å². The highest BCUT2D eigenvalue weighted by atomic mass is 32.2. The van der Waals surface area contributed by atoms with Crippen molar-refractivity contribution in [1.82, 2.24) is 20.1 Å². The number of carbonyl (C=O) groups is 2. The number of amides is 2. The molecule has 2 amide bonds. The van der Waals surface area contributed by atoms with Gasteiger partial charge in [-0.3, -0.25) is 9.59 Å². The minimum absolute atomic E-state index is 0.0605. The molecule has 1 unspecified atom stereocenters. The Morgan fingerprint density at radius 1 is 1.09 bits per heavy atom. The molecule has 7 nitrogen and oxygen atoms in total. The summed E-state index contributed by atoms with van der Waals surface area (Å²) in [7, 11) is 0. The van der Waals surface area contributed by atoms with Gasteiger partial charge in [0.05, 0.1) is 17.4 Å². The lowest BCUT2D eigenvalue weighted by molar-refractivity contribution is -0.137. The van der Waals surface area contributed by atoms with E-state index in [1.165, 1.54) is 12.1 Å². The van der Waals surface area contributed by atoms with Crippen LogP contribution in [0.3, 0.4) is 0 Å². The summed E-state index contributed by atoms with van der Waals surface area (Å²) >= 11 is 1.10. The summed E-state index contributed by atoms with van der Waals surface area (Å²) < 4.78 is 40.3. The SMILES string of the molecule is CCn1c(SCC(=O)Nc2cccc(C(F)(F)F)c2)nnc1C(C)NC(=O)c1ccccc1. The molecule has 3 rings (SSSR count). The van der Waals surface area contributed by atoms with E-state index in [4.69, 9.17) is 0 Å². The number of alkyl halides is 3. The second-order valence-electron chi connectivity index (χ2n) is 7.06. The number of nitrogens with zero attached hydrogens (tertiary/aromatic N) is 3. The lowest BCUT2D eigenvalue weighted by Gasteiger charge is -2.15. The molecule has 11 heteroatoms. The van der Waals surface area contributed by atoms with E-state index in [1.54, 1.807) is 35.8 Å². The van der Waals surface area contributed by atoms with Crippen LogP contribution in [0.5, 0.6) is 0 Å². The number of carbonyl (C=O) groups excluding carboxylic acids is 2. The first-order chi connectivity index (χ1) is 15.7. The Labute approximate surface area is 192 Å². The summed E-state index contributed by atoms with van der Waals surface area (Å²) in [5.41, 5.74) is -0.257. The van der Waals surface area contributed by atoms with Gasteiger partial charge in [0.2, 0.25) is 5.91 Å². The van der Waals surface area contributed by atoms with Crippen molar-refractivity contribution in [2.75, 3.05) is 11.1 Å². The van der Waals surface area contributed by atoms with Gasteiger partial charge in [0.1, 0.15) is 0 Å². The molecule has 2 N–H and O–H groups in total. The number of anilines is 1. The molecular weight excluding hydrogens is 455 g/mol. The van der Waals surface area contributed by atoms with Crippen LogP contribution >= 0.6 is 11.8 Å². The first-order valence-electron chi connectivity index (χ1n) is 10.1. The predicted octanol–water partition coefficient (Wildman–Crippen LogP) is 4.54. The van der Waals surface area contributed by atoms with Crippen LogP contribution in [0.2, 0.25) is 0 Å². The van der Waals surface area contributed by atoms with Gasteiger partial charge in [-0.1, -0.05) is 36.0 Å². The second kappa shape index (κ2) is 10.5. The molecule has 1 heterocycles. The van der Waals surface area contributed by atoms with Crippen LogP contribution in [0.25, 0.3) is 0 Å². The Morgan fingerprint density at radius 3 is 2.48 bits per heavy atom. The third-order valence-electron chi connectivity index (χ3n) is 4.64. The lowest BCUT2D eigenvalue weighted by atomic mass is 10.2. The molecule has 0 fully saturated rings. The average molecular weight is 478 g/mol. The Morgan fingerprint density at radius 2 is 1.82 bits per heavy atom. The molecule has 1 atom stereocenters. The first kappa shape index (κ1) is 24.3. The molecule has 0 aliphatic rings. The van der Waals surface area contributed by atoms with Crippen molar-refractivity contribution in [2.45, 2.75) is 37.8 Å². The van der Waals surface area contributed by atoms with Crippen molar-refractivity contribution in [2.24, 2.45) is 0 Å². The largest absolute Gasteiger partial charge is 0.416 e. The van der Waals surface area contributed by atoms with E-state index in [-0.39, 0.29) is 17.3 Å². The van der Waals surface area contributed by atoms with Crippen LogP contribution in [0.4, 0.5) is 18.9 Å². The fraction of sp³-hybridized carbons (Fsp3) is 0.273. The van der Waals surface area contributed by atoms with Gasteiger partial charge in [-0.2, -0.15) is 13.2 Å². The highest BCUT2D eigenvalue weighted by molar-refractivity contribution is 7.99. The van der Waals surface area contributed by atoms with Gasteiger partial charge in [-0.25, -0.2) is 0 Å². The summed E-state index contributed by atoms with van der Waals surface area (Å²) in [6, 6.07) is 12.8. The molecule has 0 spiro atoms. The van der Waals surface area contributed by atoms with E-state index in [0.717, 1.165) is 23.9 Å². The Bertz CT molecular complexity index is 1120. The van der Waals surface area contributed by atoms with E-state index in [9.17, 15) is 22.8 Å². The highest BCUT2D eigenvalue weighted by Crippen LogP contribution is 2.30. The molecule has 0 aliphatic heterocycles. The van der Waals surface area contributed by atoms with Crippen molar-refractivity contribution >= 4 is 29.3 Å². The maximum Gasteiger partial charge on any atom is 0.416 e. The number of hydrogen-bond donors (Lipinski definition) is 2. The lowest BCUT2D eigenvalue weighted by Crippen LogP contribution is -2.28. The van der Waals surface area contributed by atoms with Crippen LogP contribution in [-0.2, 0) is 17.5 Å². The standard InChI is InChI=1S/C22H22F3N5O2S/c1-3-30-19(14(2)26-20(32)15-8-5-4-6-9-15)28-29-21(30)33-13-18(31)27-17-11-7-10-16(12-17)22(23,24)25/h4-12,14H,3,13H2,1-2H3,(H,26,32)(H,27,31). The van der Waals surface area contributed by atoms with Gasteiger partial charge in [-0.05, 0) is 44.2 Å². The van der Waals surface area contributed by atoms with E-state index >= 15 is 0 Å². The third kappa shape index (κ3) is 6.35. The van der Waals surface area contributed by atoms with Crippen molar-refractivity contribution in [3.05, 3.63) is 71.5 Å². The fourth-order valence-electron chi connectivity index (χ4n) is 3.06. The number of thioether (sulfide) groups is 1. The van der Waals surface area contributed by atoms with E-state index < -0.39 is 23.7 Å². The van der Waals surface area contributed by atoms with Crippen molar-refractivity contribution < 1.29 is 22.8 Å². The summed E-state index contributed by atoms with van der Waals surface area (Å²) in [4.78, 5) is 24.7. The molecule has 0 saturated heterocycles. The summed E-state index contributed by atoms with van der Waals surface area (Å²) in [6.07, 6.45) is -4.49. The molecule has 0 aliphatic carbocycles. The smallest absolute Gasteiger partial charge is 0.342 e. The fourth-order valence-corrected chi connectivity index (χ4v) is 3.87. The zero-order valence-electron chi connectivity index (χ0n) is 17.9. The van der Waals surface area contributed by atoms with Crippen molar-refractivity contribution in [3.8, 4) is 0 Å². The highest BCUT2D eigenvalue weighted by Gasteiger charge is 2.30. The van der Waals surface area contributed by atoms with Gasteiger partial charge in [0.25, 0.3) is 5.91 Å². The minimum atomic E-state index is -4.49. The maximum absolute atomic E-state index is 12.8. The summed E-state index contributed by atoms with van der Waals surface area (Å²) in [5.74, 6) is -0.262. The maximum atomic E-state index is 12.8. The van der Waals surface area contributed by atoms with Crippen molar-refractivity contribution in [1.29, 1.82) is 0 Å². The van der Waals surface area contributed by atoms with Crippen LogP contribution in [0.1, 0.15) is 41.6 Å². The Hall–Kier alpha value is -3.34. The van der Waals surface area contributed by atoms with Gasteiger partial charge in [-0.15, -0.1) is 10.2 Å². The van der Waals surface area contributed by atoms with Gasteiger partial charge in [0, 0.05) is 17.8 Å². The number of aromatic nitrogens is 3. The normalized spacial score (nSPS) is 12.3. The molecule has 2 aromatic carbocycles. The van der Waals surface area contributed by atoms with Gasteiger partial charge < -0.3 is 15.2 Å². The monoisotopic (exact) mass is 477 g/mol. The summed E-state index contributed by atoms with van der Waals surface area (Å²) in [5, 5.41) is 14.1. The van der Waals surface area contributed by atoms with E-state index in [1.807, 2.05) is 13.0 Å².